The van der Waals surface area contributed by atoms with Gasteiger partial charge < -0.3 is 24.4 Å². The van der Waals surface area contributed by atoms with E-state index in [1.54, 1.807) is 60.7 Å². The summed E-state index contributed by atoms with van der Waals surface area (Å²) in [6.45, 7) is -1.65. The molecular formula is C22H20O8. The molecule has 2 N–H and O–H groups in total. The zero-order valence-corrected chi connectivity index (χ0v) is 15.9. The summed E-state index contributed by atoms with van der Waals surface area (Å²) in [4.78, 5) is 36.8. The molecule has 3 rings (SSSR count). The second-order valence-corrected chi connectivity index (χ2v) is 6.42. The molecule has 1 aliphatic heterocycles. The van der Waals surface area contributed by atoms with E-state index in [9.17, 15) is 24.6 Å². The van der Waals surface area contributed by atoms with Crippen LogP contribution in [0.25, 0.3) is 0 Å². The number of ketones is 2. The summed E-state index contributed by atoms with van der Waals surface area (Å²) < 4.78 is 15.8. The molecule has 0 aliphatic carbocycles. The van der Waals surface area contributed by atoms with Gasteiger partial charge in [0, 0.05) is 11.1 Å². The minimum absolute atomic E-state index is 0.244. The number of rotatable bonds is 10. The lowest BCUT2D eigenvalue weighted by Crippen LogP contribution is -2.33. The van der Waals surface area contributed by atoms with Crippen LogP contribution >= 0.6 is 0 Å². The van der Waals surface area contributed by atoms with Gasteiger partial charge in [-0.25, -0.2) is 4.79 Å². The van der Waals surface area contributed by atoms with E-state index in [0.29, 0.717) is 11.1 Å². The number of hydrogen-bond donors (Lipinski definition) is 2. The number of esters is 1. The van der Waals surface area contributed by atoms with Crippen LogP contribution in [0.15, 0.2) is 72.2 Å². The van der Waals surface area contributed by atoms with Crippen LogP contribution in [0.3, 0.4) is 0 Å². The third-order valence-corrected chi connectivity index (χ3v) is 4.34. The number of Topliss-reactive ketones (excluding diaryl/α,β-unsaturated/α-hetero) is 2. The summed E-state index contributed by atoms with van der Waals surface area (Å²) in [5.41, 5.74) is 0.780. The monoisotopic (exact) mass is 412 g/mol. The highest BCUT2D eigenvalue weighted by Gasteiger charge is 2.42. The zero-order valence-electron chi connectivity index (χ0n) is 15.9. The number of benzene rings is 2. The molecule has 2 atom stereocenters. The first kappa shape index (κ1) is 21.2. The Bertz CT molecular complexity index is 936. The molecule has 0 bridgehead atoms. The third-order valence-electron chi connectivity index (χ3n) is 4.34. The Morgan fingerprint density at radius 1 is 0.900 bits per heavy atom. The minimum Gasteiger partial charge on any atom is -0.482 e. The van der Waals surface area contributed by atoms with Gasteiger partial charge in [0.15, 0.2) is 36.6 Å². The number of aliphatic hydroxyl groups is 2. The van der Waals surface area contributed by atoms with Crippen molar-refractivity contribution in [2.75, 3.05) is 19.8 Å². The summed E-state index contributed by atoms with van der Waals surface area (Å²) >= 11 is 0. The molecule has 1 aliphatic rings. The Labute approximate surface area is 172 Å². The van der Waals surface area contributed by atoms with Crippen molar-refractivity contribution in [2.24, 2.45) is 0 Å². The fourth-order valence-corrected chi connectivity index (χ4v) is 2.77. The van der Waals surface area contributed by atoms with E-state index in [4.69, 9.17) is 14.2 Å². The lowest BCUT2D eigenvalue weighted by molar-refractivity contribution is -0.148. The van der Waals surface area contributed by atoms with Crippen LogP contribution in [-0.4, -0.2) is 59.8 Å². The molecular weight excluding hydrogens is 392 g/mol. The molecule has 30 heavy (non-hydrogen) atoms. The smallest absolute Gasteiger partial charge is 0.378 e. The van der Waals surface area contributed by atoms with E-state index < -0.39 is 43.8 Å². The lowest BCUT2D eigenvalue weighted by Gasteiger charge is -2.18. The largest absolute Gasteiger partial charge is 0.482 e. The number of carbonyl (C=O) groups excluding carboxylic acids is 3. The van der Waals surface area contributed by atoms with Crippen LogP contribution < -0.4 is 0 Å². The fourth-order valence-electron chi connectivity index (χ4n) is 2.77. The van der Waals surface area contributed by atoms with Crippen molar-refractivity contribution < 1.29 is 38.8 Å². The summed E-state index contributed by atoms with van der Waals surface area (Å²) in [7, 11) is 0. The molecule has 8 heteroatoms. The average Bonchev–Trinajstić information content (AvgIpc) is 3.11. The van der Waals surface area contributed by atoms with E-state index >= 15 is 0 Å². The van der Waals surface area contributed by atoms with Gasteiger partial charge in [-0.05, 0) is 0 Å². The van der Waals surface area contributed by atoms with Gasteiger partial charge in [-0.15, -0.1) is 0 Å². The summed E-state index contributed by atoms with van der Waals surface area (Å²) in [5, 5.41) is 19.2. The first-order valence-corrected chi connectivity index (χ1v) is 9.17. The maximum Gasteiger partial charge on any atom is 0.378 e. The molecule has 8 nitrogen and oxygen atoms in total. The van der Waals surface area contributed by atoms with Gasteiger partial charge in [-0.3, -0.25) is 9.59 Å². The van der Waals surface area contributed by atoms with E-state index in [1.807, 2.05) is 0 Å². The van der Waals surface area contributed by atoms with Gasteiger partial charge in [0.25, 0.3) is 0 Å². The van der Waals surface area contributed by atoms with Crippen LogP contribution in [-0.2, 0) is 19.0 Å². The molecule has 0 spiro atoms. The number of hydrogen-bond acceptors (Lipinski definition) is 8. The third kappa shape index (κ3) is 4.91. The molecule has 0 aromatic heterocycles. The van der Waals surface area contributed by atoms with Gasteiger partial charge in [-0.2, -0.15) is 0 Å². The maximum atomic E-state index is 12.3. The van der Waals surface area contributed by atoms with Crippen LogP contribution in [0.1, 0.15) is 20.7 Å². The number of aliphatic hydroxyl groups excluding tert-OH is 2. The highest BCUT2D eigenvalue weighted by molar-refractivity contribution is 5.98. The van der Waals surface area contributed by atoms with E-state index in [1.165, 1.54) is 0 Å². The second-order valence-electron chi connectivity index (χ2n) is 6.42. The Kier molecular flexibility index (Phi) is 6.95. The summed E-state index contributed by atoms with van der Waals surface area (Å²) in [6.07, 6.45) is -2.84. The second kappa shape index (κ2) is 9.82. The maximum absolute atomic E-state index is 12.3. The predicted molar refractivity (Wildman–Crippen MR) is 103 cm³/mol. The van der Waals surface area contributed by atoms with Crippen LogP contribution in [0.2, 0.25) is 0 Å². The first-order chi connectivity index (χ1) is 14.5. The fraction of sp³-hybridized carbons (Fsp3) is 0.227. The number of carbonyl (C=O) groups is 3. The Hall–Kier alpha value is -3.49. The Balaban J connectivity index is 1.76. The first-order valence-electron chi connectivity index (χ1n) is 9.17. The lowest BCUT2D eigenvalue weighted by atomic mass is 10.1. The highest BCUT2D eigenvalue weighted by Crippen LogP contribution is 2.27. The molecule has 2 aromatic rings. The molecule has 0 unspecified atom stereocenters. The van der Waals surface area contributed by atoms with Gasteiger partial charge in [0.1, 0.15) is 6.10 Å². The SMILES string of the molecule is O=C1O[C@H]([C@@H](O)CO)C(OCC(=O)c2ccccc2)=C1OCC(=O)c1ccccc1. The van der Waals surface area contributed by atoms with Crippen molar-refractivity contribution >= 4 is 17.5 Å². The van der Waals surface area contributed by atoms with Crippen molar-refractivity contribution in [3.05, 3.63) is 83.3 Å². The predicted octanol–water partition coefficient (Wildman–Crippen LogP) is 1.28. The Morgan fingerprint density at radius 3 is 1.90 bits per heavy atom. The van der Waals surface area contributed by atoms with Crippen molar-refractivity contribution in [1.29, 1.82) is 0 Å². The normalized spacial score (nSPS) is 16.7. The summed E-state index contributed by atoms with van der Waals surface area (Å²) in [6, 6.07) is 16.7. The highest BCUT2D eigenvalue weighted by atomic mass is 16.6. The molecule has 0 radical (unpaired) electrons. The van der Waals surface area contributed by atoms with Crippen molar-refractivity contribution in [1.82, 2.24) is 0 Å². The minimum atomic E-state index is -1.48. The van der Waals surface area contributed by atoms with E-state index in [0.717, 1.165) is 0 Å². The zero-order chi connectivity index (χ0) is 21.5. The van der Waals surface area contributed by atoms with Gasteiger partial charge in [0.05, 0.1) is 6.61 Å². The topological polar surface area (TPSA) is 119 Å². The van der Waals surface area contributed by atoms with Gasteiger partial charge >= 0.3 is 5.97 Å². The summed E-state index contributed by atoms with van der Waals surface area (Å²) in [5.74, 6) is -2.39. The van der Waals surface area contributed by atoms with Crippen LogP contribution in [0.4, 0.5) is 0 Å². The van der Waals surface area contributed by atoms with Crippen LogP contribution in [0.5, 0.6) is 0 Å². The number of cyclic esters (lactones) is 1. The van der Waals surface area contributed by atoms with Gasteiger partial charge in [0.2, 0.25) is 5.76 Å². The van der Waals surface area contributed by atoms with E-state index in [2.05, 4.69) is 0 Å². The quantitative estimate of drug-likeness (QED) is 0.442. The van der Waals surface area contributed by atoms with Crippen molar-refractivity contribution in [3.63, 3.8) is 0 Å². The molecule has 0 fully saturated rings. The molecule has 0 saturated heterocycles. The standard InChI is InChI=1S/C22H20O8/c23-11-16(24)19-20(28-12-17(25)14-7-3-1-4-8-14)21(22(27)30-19)29-13-18(26)15-9-5-2-6-10-15/h1-10,16,19,23-24H,11-13H2/t16-,19+/m0/s1. The average molecular weight is 412 g/mol. The van der Waals surface area contributed by atoms with Gasteiger partial charge in [-0.1, -0.05) is 60.7 Å². The molecule has 2 aromatic carbocycles. The Morgan fingerprint density at radius 2 is 1.40 bits per heavy atom. The van der Waals surface area contributed by atoms with Crippen molar-refractivity contribution in [2.45, 2.75) is 12.2 Å². The molecule has 156 valence electrons. The molecule has 0 amide bonds. The van der Waals surface area contributed by atoms with E-state index in [-0.39, 0.29) is 17.3 Å². The molecule has 0 saturated carbocycles. The van der Waals surface area contributed by atoms with Crippen molar-refractivity contribution in [3.8, 4) is 0 Å². The van der Waals surface area contributed by atoms with Crippen LogP contribution in [0, 0.1) is 0 Å². The molecule has 1 heterocycles. The number of ether oxygens (including phenoxy) is 3.